The first-order valence-corrected chi connectivity index (χ1v) is 7.57. The Labute approximate surface area is 125 Å². The predicted molar refractivity (Wildman–Crippen MR) is 87.6 cm³/mol. The van der Waals surface area contributed by atoms with Crippen molar-refractivity contribution >= 4 is 22.1 Å². The van der Waals surface area contributed by atoms with Crippen LogP contribution in [0, 0.1) is 6.92 Å². The van der Waals surface area contributed by atoms with E-state index >= 15 is 0 Å². The van der Waals surface area contributed by atoms with Crippen LogP contribution in [0.25, 0.3) is 10.8 Å². The van der Waals surface area contributed by atoms with Gasteiger partial charge in [0.25, 0.3) is 0 Å². The van der Waals surface area contributed by atoms with Crippen LogP contribution >= 0.6 is 0 Å². The molecule has 3 N–H and O–H groups in total. The van der Waals surface area contributed by atoms with E-state index in [1.807, 2.05) is 32.3 Å². The number of hydrogen-bond acceptors (Lipinski definition) is 4. The summed E-state index contributed by atoms with van der Waals surface area (Å²) in [5.41, 5.74) is 8.33. The lowest BCUT2D eigenvalue weighted by molar-refractivity contribution is 0.0560. The first-order valence-electron chi connectivity index (χ1n) is 7.57. The highest BCUT2D eigenvalue weighted by atomic mass is 16.3. The number of rotatable bonds is 3. The third-order valence-electron chi connectivity index (χ3n) is 4.53. The normalized spacial score (nSPS) is 17.3. The molecule has 4 heteroatoms. The van der Waals surface area contributed by atoms with Crippen LogP contribution in [-0.4, -0.2) is 29.3 Å². The zero-order valence-electron chi connectivity index (χ0n) is 12.8. The molecule has 1 saturated carbocycles. The van der Waals surface area contributed by atoms with E-state index in [4.69, 9.17) is 5.73 Å². The molecule has 1 heterocycles. The number of nitrogens with two attached hydrogens (primary N) is 1. The van der Waals surface area contributed by atoms with Gasteiger partial charge in [-0.05, 0) is 38.0 Å². The zero-order chi connectivity index (χ0) is 15.0. The lowest BCUT2D eigenvalue weighted by Gasteiger charge is -2.31. The van der Waals surface area contributed by atoms with Gasteiger partial charge in [0.2, 0.25) is 0 Å². The van der Waals surface area contributed by atoms with Crippen molar-refractivity contribution in [3.8, 4) is 0 Å². The van der Waals surface area contributed by atoms with Gasteiger partial charge in [0.15, 0.2) is 0 Å². The molecule has 2 aromatic rings. The Bertz CT molecular complexity index is 662. The van der Waals surface area contributed by atoms with E-state index in [9.17, 15) is 5.11 Å². The molecular weight excluding hydrogens is 262 g/mol. The minimum Gasteiger partial charge on any atom is -0.398 e. The van der Waals surface area contributed by atoms with E-state index in [2.05, 4.69) is 16.0 Å². The largest absolute Gasteiger partial charge is 0.398 e. The summed E-state index contributed by atoms with van der Waals surface area (Å²) in [6.07, 6.45) is 5.86. The van der Waals surface area contributed by atoms with Crippen LogP contribution in [-0.2, 0) is 0 Å². The molecule has 1 aliphatic carbocycles. The Morgan fingerprint density at radius 1 is 1.29 bits per heavy atom. The number of benzene rings is 1. The van der Waals surface area contributed by atoms with Gasteiger partial charge in [0, 0.05) is 47.6 Å². The molecule has 0 spiro atoms. The maximum atomic E-state index is 10.6. The van der Waals surface area contributed by atoms with Crippen molar-refractivity contribution in [1.82, 2.24) is 4.98 Å². The molecule has 0 radical (unpaired) electrons. The Balaban J connectivity index is 1.99. The summed E-state index contributed by atoms with van der Waals surface area (Å²) in [7, 11) is 2.04. The van der Waals surface area contributed by atoms with E-state index < -0.39 is 5.60 Å². The fourth-order valence-corrected chi connectivity index (χ4v) is 3.40. The minimum absolute atomic E-state index is 0.551. The summed E-state index contributed by atoms with van der Waals surface area (Å²) in [6.45, 7) is 2.64. The molecule has 1 aliphatic rings. The van der Waals surface area contributed by atoms with Crippen LogP contribution in [0.5, 0.6) is 0 Å². The van der Waals surface area contributed by atoms with Crippen LogP contribution in [0.2, 0.25) is 0 Å². The second-order valence-electron chi connectivity index (χ2n) is 6.33. The topological polar surface area (TPSA) is 62.4 Å². The van der Waals surface area contributed by atoms with Crippen molar-refractivity contribution in [2.75, 3.05) is 24.2 Å². The van der Waals surface area contributed by atoms with Gasteiger partial charge in [-0.25, -0.2) is 0 Å². The van der Waals surface area contributed by atoms with Gasteiger partial charge >= 0.3 is 0 Å². The van der Waals surface area contributed by atoms with Gasteiger partial charge < -0.3 is 15.7 Å². The molecule has 21 heavy (non-hydrogen) atoms. The van der Waals surface area contributed by atoms with Gasteiger partial charge in [-0.15, -0.1) is 0 Å². The highest BCUT2D eigenvalue weighted by Crippen LogP contribution is 2.34. The number of nitrogens with zero attached hydrogens (tertiary/aromatic N) is 2. The molecule has 1 aromatic carbocycles. The van der Waals surface area contributed by atoms with Gasteiger partial charge in [-0.1, -0.05) is 12.8 Å². The van der Waals surface area contributed by atoms with Crippen molar-refractivity contribution < 1.29 is 5.11 Å². The van der Waals surface area contributed by atoms with Gasteiger partial charge in [-0.2, -0.15) is 0 Å². The predicted octanol–water partition coefficient (Wildman–Crippen LogP) is 2.87. The fraction of sp³-hybridized carbons (Fsp3) is 0.471. The summed E-state index contributed by atoms with van der Waals surface area (Å²) in [5.74, 6) is 0. The molecular formula is C17H23N3O. The maximum absolute atomic E-state index is 10.6. The molecule has 0 bridgehead atoms. The first-order chi connectivity index (χ1) is 9.98. The summed E-state index contributed by atoms with van der Waals surface area (Å²) >= 11 is 0. The Morgan fingerprint density at radius 2 is 2.00 bits per heavy atom. The molecule has 0 atom stereocenters. The maximum Gasteiger partial charge on any atom is 0.0821 e. The van der Waals surface area contributed by atoms with Crippen molar-refractivity contribution in [1.29, 1.82) is 0 Å². The third kappa shape index (κ3) is 2.68. The molecule has 0 saturated heterocycles. The third-order valence-corrected chi connectivity index (χ3v) is 4.53. The number of nitrogen functional groups attached to an aromatic ring is 1. The lowest BCUT2D eigenvalue weighted by Crippen LogP contribution is -2.39. The summed E-state index contributed by atoms with van der Waals surface area (Å²) in [4.78, 5) is 6.48. The zero-order valence-corrected chi connectivity index (χ0v) is 12.8. The van der Waals surface area contributed by atoms with Crippen LogP contribution < -0.4 is 10.6 Å². The van der Waals surface area contributed by atoms with Crippen LogP contribution in [0.15, 0.2) is 24.4 Å². The molecule has 0 aliphatic heterocycles. The summed E-state index contributed by atoms with van der Waals surface area (Å²) < 4.78 is 0. The average Bonchev–Trinajstić information content (AvgIpc) is 2.85. The highest BCUT2D eigenvalue weighted by Gasteiger charge is 2.32. The van der Waals surface area contributed by atoms with Gasteiger partial charge in [0.1, 0.15) is 0 Å². The number of anilines is 2. The SMILES string of the molecule is Cc1cc2c(N(C)CC3(O)CCCC3)ccc(N)c2cn1. The average molecular weight is 285 g/mol. The molecule has 1 aromatic heterocycles. The molecule has 1 fully saturated rings. The molecule has 4 nitrogen and oxygen atoms in total. The van der Waals surface area contributed by atoms with Crippen molar-refractivity contribution in [3.05, 3.63) is 30.1 Å². The Hall–Kier alpha value is -1.81. The number of aryl methyl sites for hydroxylation is 1. The monoisotopic (exact) mass is 285 g/mol. The number of aliphatic hydroxyl groups is 1. The van der Waals surface area contributed by atoms with E-state index in [1.165, 1.54) is 0 Å². The number of aromatic nitrogens is 1. The number of fused-ring (bicyclic) bond motifs is 1. The number of hydrogen-bond donors (Lipinski definition) is 2. The quantitative estimate of drug-likeness (QED) is 0.851. The second-order valence-corrected chi connectivity index (χ2v) is 6.33. The molecule has 0 unspecified atom stereocenters. The molecule has 0 amide bonds. The highest BCUT2D eigenvalue weighted by molar-refractivity contribution is 6.01. The first kappa shape index (κ1) is 14.1. The summed E-state index contributed by atoms with van der Waals surface area (Å²) in [6, 6.07) is 6.02. The number of likely N-dealkylation sites (N-methyl/N-ethyl adjacent to an activating group) is 1. The van der Waals surface area contributed by atoms with Gasteiger partial charge in [-0.3, -0.25) is 4.98 Å². The second kappa shape index (κ2) is 5.19. The number of pyridine rings is 1. The van der Waals surface area contributed by atoms with E-state index in [0.717, 1.165) is 53.5 Å². The van der Waals surface area contributed by atoms with Crippen molar-refractivity contribution in [2.24, 2.45) is 0 Å². The minimum atomic E-state index is -0.551. The Kier molecular flexibility index (Phi) is 3.49. The molecule has 3 rings (SSSR count). The van der Waals surface area contributed by atoms with E-state index in [-0.39, 0.29) is 0 Å². The van der Waals surface area contributed by atoms with Crippen LogP contribution in [0.4, 0.5) is 11.4 Å². The fourth-order valence-electron chi connectivity index (χ4n) is 3.40. The van der Waals surface area contributed by atoms with Crippen molar-refractivity contribution in [2.45, 2.75) is 38.2 Å². The lowest BCUT2D eigenvalue weighted by atomic mass is 10.0. The van der Waals surface area contributed by atoms with Crippen LogP contribution in [0.3, 0.4) is 0 Å². The standard InChI is InChI=1S/C17H23N3O/c1-12-9-13-14(10-19-12)15(18)5-6-16(13)20(2)11-17(21)7-3-4-8-17/h5-6,9-10,21H,3-4,7-8,11,18H2,1-2H3. The Morgan fingerprint density at radius 3 is 2.71 bits per heavy atom. The van der Waals surface area contributed by atoms with E-state index in [1.54, 1.807) is 0 Å². The summed E-state index contributed by atoms with van der Waals surface area (Å²) in [5, 5.41) is 12.7. The van der Waals surface area contributed by atoms with Gasteiger partial charge in [0.05, 0.1) is 5.60 Å². The molecule has 112 valence electrons. The smallest absolute Gasteiger partial charge is 0.0821 e. The van der Waals surface area contributed by atoms with Crippen molar-refractivity contribution in [3.63, 3.8) is 0 Å². The van der Waals surface area contributed by atoms with Crippen LogP contribution in [0.1, 0.15) is 31.4 Å². The van der Waals surface area contributed by atoms with E-state index in [0.29, 0.717) is 6.54 Å².